The summed E-state index contributed by atoms with van der Waals surface area (Å²) >= 11 is 0. The van der Waals surface area contributed by atoms with Crippen LogP contribution in [0.5, 0.6) is 5.75 Å². The highest BCUT2D eigenvalue weighted by Gasteiger charge is 2.22. The average Bonchev–Trinajstić information content (AvgIpc) is 2.27. The van der Waals surface area contributed by atoms with Crippen molar-refractivity contribution in [2.45, 2.75) is 6.43 Å². The fourth-order valence-corrected chi connectivity index (χ4v) is 1.03. The lowest BCUT2D eigenvalue weighted by Gasteiger charge is -2.06. The zero-order chi connectivity index (χ0) is 12.3. The molecule has 0 fully saturated rings. The maximum atomic E-state index is 12.3. The van der Waals surface area contributed by atoms with Crippen molar-refractivity contribution < 1.29 is 23.4 Å². The highest BCUT2D eigenvalue weighted by molar-refractivity contribution is 5.92. The molecule has 5 nitrogen and oxygen atoms in total. The molecule has 7 heteroatoms. The van der Waals surface area contributed by atoms with E-state index >= 15 is 0 Å². The van der Waals surface area contributed by atoms with E-state index in [2.05, 4.69) is 9.72 Å². The van der Waals surface area contributed by atoms with Gasteiger partial charge in [0.1, 0.15) is 17.5 Å². The maximum absolute atomic E-state index is 12.3. The van der Waals surface area contributed by atoms with E-state index in [1.54, 1.807) is 0 Å². The van der Waals surface area contributed by atoms with Crippen molar-refractivity contribution in [1.29, 1.82) is 5.26 Å². The number of pyridine rings is 1. The first-order valence-electron chi connectivity index (χ1n) is 4.01. The Hall–Kier alpha value is -2.23. The minimum Gasteiger partial charge on any atom is -0.506 e. The van der Waals surface area contributed by atoms with Crippen LogP contribution >= 0.6 is 0 Å². The van der Waals surface area contributed by atoms with Gasteiger partial charge in [0.25, 0.3) is 6.43 Å². The number of halogens is 2. The number of ether oxygens (including phenoxy) is 1. The number of aromatic nitrogens is 1. The van der Waals surface area contributed by atoms with Crippen molar-refractivity contribution in [3.8, 4) is 11.8 Å². The van der Waals surface area contributed by atoms with Crippen LogP contribution < -0.4 is 0 Å². The third-order valence-corrected chi connectivity index (χ3v) is 1.75. The molecule has 0 saturated heterocycles. The zero-order valence-electron chi connectivity index (χ0n) is 8.07. The van der Waals surface area contributed by atoms with Crippen molar-refractivity contribution in [2.24, 2.45) is 0 Å². The molecule has 0 radical (unpaired) electrons. The van der Waals surface area contributed by atoms with Gasteiger partial charge in [0.15, 0.2) is 5.69 Å². The van der Waals surface area contributed by atoms with Crippen molar-refractivity contribution in [1.82, 2.24) is 4.98 Å². The summed E-state index contributed by atoms with van der Waals surface area (Å²) in [5, 5.41) is 17.8. The summed E-state index contributed by atoms with van der Waals surface area (Å²) in [6.07, 6.45) is -3.03. The summed E-state index contributed by atoms with van der Waals surface area (Å²) in [5.41, 5.74) is -1.81. The summed E-state index contributed by atoms with van der Waals surface area (Å²) in [6, 6.07) is 2.21. The number of hydrogen-bond acceptors (Lipinski definition) is 5. The van der Waals surface area contributed by atoms with Crippen LogP contribution in [0.2, 0.25) is 0 Å². The van der Waals surface area contributed by atoms with Gasteiger partial charge in [0, 0.05) is 0 Å². The van der Waals surface area contributed by atoms with Crippen molar-refractivity contribution in [2.75, 3.05) is 7.11 Å². The van der Waals surface area contributed by atoms with E-state index < -0.39 is 29.5 Å². The standard InChI is InChI=1S/C9H6F2N2O3/c1-16-9(15)4-2-6(14)7(8(10)11)13-5(4)3-12/h2,8,14H,1H3. The lowest BCUT2D eigenvalue weighted by atomic mass is 10.1. The predicted molar refractivity (Wildman–Crippen MR) is 46.9 cm³/mol. The molecule has 0 bridgehead atoms. The van der Waals surface area contributed by atoms with Crippen molar-refractivity contribution in [3.05, 3.63) is 23.0 Å². The second-order valence-electron chi connectivity index (χ2n) is 2.69. The second-order valence-corrected chi connectivity index (χ2v) is 2.69. The van der Waals surface area contributed by atoms with Gasteiger partial charge in [0.05, 0.1) is 12.7 Å². The number of nitriles is 1. The molecule has 0 amide bonds. The summed E-state index contributed by atoms with van der Waals surface area (Å²) in [6.45, 7) is 0. The zero-order valence-corrected chi connectivity index (χ0v) is 8.07. The van der Waals surface area contributed by atoms with Crippen LogP contribution in [-0.4, -0.2) is 23.2 Å². The van der Waals surface area contributed by atoms with E-state index in [-0.39, 0.29) is 5.56 Å². The topological polar surface area (TPSA) is 83.2 Å². The lowest BCUT2D eigenvalue weighted by Crippen LogP contribution is -2.07. The molecule has 1 N–H and O–H groups in total. The van der Waals surface area contributed by atoms with E-state index in [9.17, 15) is 13.6 Å². The van der Waals surface area contributed by atoms with Gasteiger partial charge in [-0.25, -0.2) is 18.6 Å². The van der Waals surface area contributed by atoms with Gasteiger partial charge in [-0.05, 0) is 6.07 Å². The summed E-state index contributed by atoms with van der Waals surface area (Å²) < 4.78 is 28.9. The molecule has 0 spiro atoms. The van der Waals surface area contributed by atoms with E-state index in [1.807, 2.05) is 0 Å². The number of alkyl halides is 2. The van der Waals surface area contributed by atoms with Crippen LogP contribution in [0.25, 0.3) is 0 Å². The van der Waals surface area contributed by atoms with E-state index in [4.69, 9.17) is 10.4 Å². The molecule has 1 heterocycles. The first-order valence-corrected chi connectivity index (χ1v) is 4.01. The van der Waals surface area contributed by atoms with Gasteiger partial charge in [-0.3, -0.25) is 0 Å². The molecule has 0 saturated carbocycles. The molecular weight excluding hydrogens is 222 g/mol. The van der Waals surface area contributed by atoms with Crippen molar-refractivity contribution >= 4 is 5.97 Å². The van der Waals surface area contributed by atoms with Crippen LogP contribution in [0.1, 0.15) is 28.2 Å². The lowest BCUT2D eigenvalue weighted by molar-refractivity contribution is 0.0598. The first-order chi connectivity index (χ1) is 7.51. The van der Waals surface area contributed by atoms with Crippen LogP contribution in [0.15, 0.2) is 6.07 Å². The Morgan fingerprint density at radius 3 is 2.75 bits per heavy atom. The minimum absolute atomic E-state index is 0.355. The van der Waals surface area contributed by atoms with Crippen LogP contribution in [0.3, 0.4) is 0 Å². The average molecular weight is 228 g/mol. The largest absolute Gasteiger partial charge is 0.506 e. The van der Waals surface area contributed by atoms with Crippen LogP contribution in [0.4, 0.5) is 8.78 Å². The van der Waals surface area contributed by atoms with E-state index in [0.717, 1.165) is 13.2 Å². The number of nitrogens with zero attached hydrogens (tertiary/aromatic N) is 2. The number of carbonyl (C=O) groups excluding carboxylic acids is 1. The smallest absolute Gasteiger partial charge is 0.340 e. The highest BCUT2D eigenvalue weighted by atomic mass is 19.3. The van der Waals surface area contributed by atoms with Gasteiger partial charge in [-0.2, -0.15) is 5.26 Å². The van der Waals surface area contributed by atoms with E-state index in [1.165, 1.54) is 6.07 Å². The number of hydrogen-bond donors (Lipinski definition) is 1. The number of aromatic hydroxyl groups is 1. The highest BCUT2D eigenvalue weighted by Crippen LogP contribution is 2.28. The van der Waals surface area contributed by atoms with Gasteiger partial charge in [-0.15, -0.1) is 0 Å². The van der Waals surface area contributed by atoms with Crippen LogP contribution in [-0.2, 0) is 4.74 Å². The number of methoxy groups -OCH3 is 1. The molecular formula is C9H6F2N2O3. The number of carbonyl (C=O) groups is 1. The number of rotatable bonds is 2. The molecule has 0 aliphatic carbocycles. The molecule has 0 aromatic carbocycles. The van der Waals surface area contributed by atoms with Gasteiger partial charge in [0.2, 0.25) is 0 Å². The Morgan fingerprint density at radius 2 is 2.31 bits per heavy atom. The molecule has 1 aromatic rings. The fraction of sp³-hybridized carbons (Fsp3) is 0.222. The van der Waals surface area contributed by atoms with Crippen molar-refractivity contribution in [3.63, 3.8) is 0 Å². The number of esters is 1. The molecule has 0 aliphatic heterocycles. The SMILES string of the molecule is COC(=O)c1cc(O)c(C(F)F)nc1C#N. The summed E-state index contributed by atoms with van der Waals surface area (Å²) in [7, 11) is 1.06. The van der Waals surface area contributed by atoms with Gasteiger partial charge in [-0.1, -0.05) is 0 Å². The van der Waals surface area contributed by atoms with Gasteiger partial charge < -0.3 is 9.84 Å². The Labute approximate surface area is 88.9 Å². The third kappa shape index (κ3) is 2.06. The Morgan fingerprint density at radius 1 is 1.69 bits per heavy atom. The van der Waals surface area contributed by atoms with E-state index in [0.29, 0.717) is 0 Å². The van der Waals surface area contributed by atoms with Crippen LogP contribution in [0, 0.1) is 11.3 Å². The summed E-state index contributed by atoms with van der Waals surface area (Å²) in [4.78, 5) is 14.3. The monoisotopic (exact) mass is 228 g/mol. The van der Waals surface area contributed by atoms with Gasteiger partial charge >= 0.3 is 5.97 Å². The Kier molecular flexibility index (Phi) is 3.35. The quantitative estimate of drug-likeness (QED) is 0.773. The second kappa shape index (κ2) is 4.53. The molecule has 1 rings (SSSR count). The molecule has 0 unspecified atom stereocenters. The Bertz CT molecular complexity index is 469. The molecule has 16 heavy (non-hydrogen) atoms. The maximum Gasteiger partial charge on any atom is 0.340 e. The molecule has 1 aromatic heterocycles. The third-order valence-electron chi connectivity index (χ3n) is 1.75. The minimum atomic E-state index is -3.03. The first kappa shape index (κ1) is 11.8. The summed E-state index contributed by atoms with van der Waals surface area (Å²) in [5.74, 6) is -1.78. The predicted octanol–water partition coefficient (Wildman–Crippen LogP) is 1.38. The Balaban J connectivity index is 3.39. The molecule has 0 aliphatic rings. The molecule has 84 valence electrons. The normalized spacial score (nSPS) is 9.94. The fourth-order valence-electron chi connectivity index (χ4n) is 1.03. The molecule has 0 atom stereocenters.